The lowest BCUT2D eigenvalue weighted by Crippen LogP contribution is -2.53. The number of aliphatic carboxylic acids is 1. The van der Waals surface area contributed by atoms with Crippen LogP contribution in [0.5, 0.6) is 5.88 Å². The van der Waals surface area contributed by atoms with Gasteiger partial charge in [0.1, 0.15) is 24.1 Å². The highest BCUT2D eigenvalue weighted by molar-refractivity contribution is 5.99. The van der Waals surface area contributed by atoms with Crippen molar-refractivity contribution in [2.75, 3.05) is 49.1 Å². The Morgan fingerprint density at radius 2 is 1.76 bits per heavy atom. The van der Waals surface area contributed by atoms with Crippen LogP contribution in [0.4, 0.5) is 24.7 Å². The molecule has 6 heterocycles. The number of aromatic nitrogens is 1. The Labute approximate surface area is 283 Å². The number of carbonyl (C=O) groups is 1. The van der Waals surface area contributed by atoms with Gasteiger partial charge in [-0.15, -0.1) is 6.42 Å². The lowest BCUT2D eigenvalue weighted by Gasteiger charge is -2.40. The third kappa shape index (κ3) is 6.02. The van der Waals surface area contributed by atoms with Gasteiger partial charge in [0.05, 0.1) is 5.54 Å². The summed E-state index contributed by atoms with van der Waals surface area (Å²) in [5.74, 6) is 1.73. The molecule has 5 aliphatic rings. The molecule has 2 aromatic carbocycles. The van der Waals surface area contributed by atoms with Gasteiger partial charge in [0.2, 0.25) is 5.88 Å². The molecule has 1 aromatic heterocycles. The number of fused-ring (bicyclic) bond motifs is 5. The summed E-state index contributed by atoms with van der Waals surface area (Å²) in [6.45, 7) is 6.38. The van der Waals surface area contributed by atoms with Crippen molar-refractivity contribution in [3.8, 4) is 24.3 Å². The molecule has 9 nitrogen and oxygen atoms in total. The zero-order valence-electron chi connectivity index (χ0n) is 27.2. The van der Waals surface area contributed by atoms with Crippen molar-refractivity contribution in [3.63, 3.8) is 0 Å². The Kier molecular flexibility index (Phi) is 8.80. The molecule has 2 N–H and O–H groups in total. The Balaban J connectivity index is 0.000000491. The van der Waals surface area contributed by atoms with Crippen LogP contribution in [0.15, 0.2) is 36.4 Å². The van der Waals surface area contributed by atoms with E-state index in [1.165, 1.54) is 44.1 Å². The van der Waals surface area contributed by atoms with Crippen molar-refractivity contribution in [3.05, 3.63) is 58.7 Å². The van der Waals surface area contributed by atoms with E-state index >= 15 is 0 Å². The van der Waals surface area contributed by atoms with Gasteiger partial charge in [0.25, 0.3) is 0 Å². The average molecular weight is 673 g/mol. The second-order valence-corrected chi connectivity index (χ2v) is 13.6. The summed E-state index contributed by atoms with van der Waals surface area (Å²) in [6, 6.07) is 16.0. The van der Waals surface area contributed by atoms with E-state index in [0.717, 1.165) is 72.5 Å². The minimum Gasteiger partial charge on any atom is -0.475 e. The Hall–Kier alpha value is -4.52. The summed E-state index contributed by atoms with van der Waals surface area (Å²) in [4.78, 5) is 21.7. The SMILES string of the molecule is C#Cc1cccc2cccc(N3CCc4c(N5[C@@H]6CC[C@H]5CNC6)nc(OCC56CCCN5CCC6)c(C#N)c4C3)c12.O=C(O)C(F)(F)F. The minimum absolute atomic E-state index is 0.0964. The van der Waals surface area contributed by atoms with Crippen molar-refractivity contribution in [2.45, 2.75) is 75.3 Å². The van der Waals surface area contributed by atoms with E-state index in [0.29, 0.717) is 36.7 Å². The summed E-state index contributed by atoms with van der Waals surface area (Å²) < 4.78 is 38.4. The first-order chi connectivity index (χ1) is 23.6. The first-order valence-corrected chi connectivity index (χ1v) is 17.0. The zero-order chi connectivity index (χ0) is 34.3. The van der Waals surface area contributed by atoms with E-state index in [9.17, 15) is 18.4 Å². The summed E-state index contributed by atoms with van der Waals surface area (Å²) in [5, 5.41) is 23.6. The van der Waals surface area contributed by atoms with Gasteiger partial charge in [0, 0.05) is 66.0 Å². The van der Waals surface area contributed by atoms with E-state index in [2.05, 4.69) is 56.3 Å². The predicted octanol–water partition coefficient (Wildman–Crippen LogP) is 5.23. The maximum absolute atomic E-state index is 10.6. The molecule has 0 saturated carbocycles. The first kappa shape index (κ1) is 33.0. The van der Waals surface area contributed by atoms with E-state index in [4.69, 9.17) is 26.0 Å². The molecule has 8 rings (SSSR count). The molecule has 5 aliphatic heterocycles. The largest absolute Gasteiger partial charge is 0.490 e. The summed E-state index contributed by atoms with van der Waals surface area (Å²) in [5.41, 5.74) is 5.04. The molecular weight excluding hydrogens is 633 g/mol. The van der Waals surface area contributed by atoms with Gasteiger partial charge in [-0.3, -0.25) is 4.90 Å². The first-order valence-electron chi connectivity index (χ1n) is 17.0. The van der Waals surface area contributed by atoms with E-state index in [1.807, 2.05) is 12.1 Å². The fourth-order valence-electron chi connectivity index (χ4n) is 8.72. The number of hydrogen-bond donors (Lipinski definition) is 2. The normalized spacial score (nSPS) is 22.5. The fourth-order valence-corrected chi connectivity index (χ4v) is 8.72. The highest BCUT2D eigenvalue weighted by atomic mass is 19.4. The quantitative estimate of drug-likeness (QED) is 0.353. The monoisotopic (exact) mass is 672 g/mol. The van der Waals surface area contributed by atoms with Crippen molar-refractivity contribution in [1.82, 2.24) is 15.2 Å². The maximum atomic E-state index is 10.6. The maximum Gasteiger partial charge on any atom is 0.490 e. The standard InChI is InChI=1S/C35H38N6O.C2HF3O2/c1-2-24-7-3-8-25-9-4-10-31(32(24)25)39-18-13-28-30(22-39)29(19-36)34(42-23-35-14-5-16-40(35)17-6-15-35)38-33(28)41-26-11-12-27(41)21-37-20-26;3-2(4,5)1(6)7/h1,3-4,7-10,26-27,37H,5-6,11-18,20-23H2;(H,6,7)/t26-,27+;. The number of benzene rings is 2. The van der Waals surface area contributed by atoms with Gasteiger partial charge in [0.15, 0.2) is 0 Å². The lowest BCUT2D eigenvalue weighted by molar-refractivity contribution is -0.192. The van der Waals surface area contributed by atoms with E-state index in [1.54, 1.807) is 0 Å². The molecule has 49 heavy (non-hydrogen) atoms. The number of nitrogens with one attached hydrogen (secondary N) is 1. The van der Waals surface area contributed by atoms with Crippen LogP contribution in [0.25, 0.3) is 10.8 Å². The number of rotatable bonds is 5. The molecule has 2 bridgehead atoms. The molecule has 12 heteroatoms. The van der Waals surface area contributed by atoms with Gasteiger partial charge in [-0.25, -0.2) is 4.79 Å². The van der Waals surface area contributed by atoms with E-state index < -0.39 is 12.1 Å². The molecule has 256 valence electrons. The number of ether oxygens (including phenoxy) is 1. The molecular formula is C37H39F3N6O3. The van der Waals surface area contributed by atoms with Crippen LogP contribution in [0, 0.1) is 23.7 Å². The number of nitrogens with zero attached hydrogens (tertiary/aromatic N) is 5. The average Bonchev–Trinajstić information content (AvgIpc) is 3.75. The van der Waals surface area contributed by atoms with Crippen molar-refractivity contribution >= 4 is 28.2 Å². The molecule has 3 aromatic rings. The van der Waals surface area contributed by atoms with Crippen LogP contribution in [0.3, 0.4) is 0 Å². The molecule has 0 spiro atoms. The van der Waals surface area contributed by atoms with Crippen LogP contribution >= 0.6 is 0 Å². The molecule has 2 atom stereocenters. The number of nitriles is 1. The third-order valence-electron chi connectivity index (χ3n) is 11.0. The Morgan fingerprint density at radius 3 is 2.39 bits per heavy atom. The van der Waals surface area contributed by atoms with Crippen molar-refractivity contribution in [1.29, 1.82) is 5.26 Å². The molecule has 0 aliphatic carbocycles. The van der Waals surface area contributed by atoms with Gasteiger partial charge < -0.3 is 25.0 Å². The Morgan fingerprint density at radius 1 is 1.08 bits per heavy atom. The molecule has 4 fully saturated rings. The second-order valence-electron chi connectivity index (χ2n) is 13.6. The van der Waals surface area contributed by atoms with Gasteiger partial charge >= 0.3 is 12.1 Å². The Bertz CT molecular complexity index is 1820. The smallest absolute Gasteiger partial charge is 0.475 e. The highest BCUT2D eigenvalue weighted by Gasteiger charge is 2.46. The highest BCUT2D eigenvalue weighted by Crippen LogP contribution is 2.43. The van der Waals surface area contributed by atoms with Crippen LogP contribution in [0.1, 0.15) is 60.8 Å². The molecule has 0 radical (unpaired) electrons. The number of terminal acetylenes is 1. The van der Waals surface area contributed by atoms with Gasteiger partial charge in [-0.2, -0.15) is 23.4 Å². The number of carboxylic acid groups (broad SMARTS) is 1. The van der Waals surface area contributed by atoms with Gasteiger partial charge in [-0.05, 0) is 75.6 Å². The zero-order valence-corrected chi connectivity index (χ0v) is 27.2. The number of alkyl halides is 3. The number of piperazine rings is 1. The number of pyridine rings is 1. The minimum atomic E-state index is -5.08. The van der Waals surface area contributed by atoms with Crippen LogP contribution in [-0.4, -0.2) is 84.1 Å². The second kappa shape index (κ2) is 13.1. The number of anilines is 2. The number of halogens is 3. The summed E-state index contributed by atoms with van der Waals surface area (Å²) in [7, 11) is 0. The molecule has 4 saturated heterocycles. The lowest BCUT2D eigenvalue weighted by atomic mass is 9.93. The van der Waals surface area contributed by atoms with E-state index in [-0.39, 0.29) is 5.54 Å². The van der Waals surface area contributed by atoms with Gasteiger partial charge in [-0.1, -0.05) is 30.2 Å². The van der Waals surface area contributed by atoms with Crippen molar-refractivity contribution < 1.29 is 27.8 Å². The fraction of sp³-hybridized carbons (Fsp3) is 0.486. The predicted molar refractivity (Wildman–Crippen MR) is 180 cm³/mol. The summed E-state index contributed by atoms with van der Waals surface area (Å²) >= 11 is 0. The van der Waals surface area contributed by atoms with Crippen LogP contribution in [0.2, 0.25) is 0 Å². The number of carboxylic acids is 1. The molecule has 0 amide bonds. The topological polar surface area (TPSA) is 105 Å². The number of hydrogen-bond acceptors (Lipinski definition) is 8. The van der Waals surface area contributed by atoms with Crippen LogP contribution < -0.4 is 19.9 Å². The van der Waals surface area contributed by atoms with Crippen molar-refractivity contribution in [2.24, 2.45) is 0 Å². The summed E-state index contributed by atoms with van der Waals surface area (Å²) in [6.07, 6.45) is 8.86. The molecule has 0 unspecified atom stereocenters. The third-order valence-corrected chi connectivity index (χ3v) is 11.0. The van der Waals surface area contributed by atoms with Crippen LogP contribution in [-0.2, 0) is 17.8 Å².